The van der Waals surface area contributed by atoms with E-state index in [-0.39, 0.29) is 21.9 Å². The number of anilines is 1. The van der Waals surface area contributed by atoms with Crippen LogP contribution in [0.2, 0.25) is 5.02 Å². The largest absolute Gasteiger partial charge is 0.508 e. The summed E-state index contributed by atoms with van der Waals surface area (Å²) < 4.78 is 16.3. The number of allylic oxidation sites excluding steroid dienone is 2. The fourth-order valence-electron chi connectivity index (χ4n) is 5.07. The Bertz CT molecular complexity index is 1530. The summed E-state index contributed by atoms with van der Waals surface area (Å²) in [6.45, 7) is 5.58. The van der Waals surface area contributed by atoms with Crippen LogP contribution in [0.4, 0.5) is 10.3 Å². The molecule has 204 valence electrons. The van der Waals surface area contributed by atoms with E-state index in [0.29, 0.717) is 54.8 Å². The van der Waals surface area contributed by atoms with Crippen LogP contribution in [0, 0.1) is 12.7 Å². The van der Waals surface area contributed by atoms with Crippen LogP contribution in [0.15, 0.2) is 42.2 Å². The molecule has 5 rings (SSSR count). The van der Waals surface area contributed by atoms with Crippen LogP contribution in [-0.4, -0.2) is 72.2 Å². The molecular formula is C29H32ClFN6O2. The van der Waals surface area contributed by atoms with E-state index >= 15 is 4.39 Å². The summed E-state index contributed by atoms with van der Waals surface area (Å²) in [4.78, 5) is 26.1. The Hall–Kier alpha value is -3.53. The summed E-state index contributed by atoms with van der Waals surface area (Å²) in [6, 6.07) is 9.55. The van der Waals surface area contributed by atoms with Crippen molar-refractivity contribution >= 4 is 46.0 Å². The molecule has 1 amide bonds. The highest BCUT2D eigenvalue weighted by molar-refractivity contribution is 6.33. The zero-order valence-corrected chi connectivity index (χ0v) is 23.2. The van der Waals surface area contributed by atoms with Gasteiger partial charge in [0, 0.05) is 43.2 Å². The molecule has 10 heteroatoms. The highest BCUT2D eigenvalue weighted by atomic mass is 35.5. The zero-order chi connectivity index (χ0) is 28.1. The number of primary amides is 1. The van der Waals surface area contributed by atoms with Gasteiger partial charge in [-0.15, -0.1) is 0 Å². The third kappa shape index (κ3) is 4.75. The monoisotopic (exact) mass is 550 g/mol. The van der Waals surface area contributed by atoms with E-state index in [1.54, 1.807) is 19.1 Å². The van der Waals surface area contributed by atoms with Crippen LogP contribution in [0.3, 0.4) is 0 Å². The number of hydrogen-bond acceptors (Lipinski definition) is 7. The predicted octanol–water partition coefficient (Wildman–Crippen LogP) is 3.81. The Balaban J connectivity index is 1.64. The molecule has 2 aromatic carbocycles. The third-order valence-corrected chi connectivity index (χ3v) is 8.07. The van der Waals surface area contributed by atoms with Gasteiger partial charge in [0.1, 0.15) is 16.7 Å². The Labute approximate surface area is 232 Å². The highest BCUT2D eigenvalue weighted by Gasteiger charge is 2.48. The quantitative estimate of drug-likeness (QED) is 0.303. The minimum atomic E-state index is -1.08. The maximum absolute atomic E-state index is 16.3. The molecule has 1 aromatic heterocycles. The number of aliphatic hydroxyl groups excluding tert-OH is 1. The van der Waals surface area contributed by atoms with Crippen molar-refractivity contribution in [2.24, 2.45) is 5.73 Å². The van der Waals surface area contributed by atoms with Crippen molar-refractivity contribution in [3.8, 4) is 0 Å². The SMILES string of the molecule is C/C(=C\C(O)=C/c1ccccc1C)c1c(Cl)cc2c(C3(C(N)=O)CNC3)nc(N3CC(N(C)C)C3)nc2c1F. The number of benzene rings is 2. The summed E-state index contributed by atoms with van der Waals surface area (Å²) in [6.07, 6.45) is 3.10. The summed E-state index contributed by atoms with van der Waals surface area (Å²) in [7, 11) is 4.01. The Morgan fingerprint density at radius 2 is 1.97 bits per heavy atom. The molecule has 2 aliphatic heterocycles. The standard InChI is InChI=1S/C29H32ClFN6O2/c1-16-7-5-6-8-18(16)10-20(38)9-17(2)23-22(30)11-21-25(24(23)31)34-28(37-12-19(13-37)36(3)4)35-26(21)29(27(32)39)14-33-15-29/h5-11,19,33,38H,12-15H2,1-4H3,(H2,32,39)/b17-9+,20-10+. The van der Waals surface area contributed by atoms with E-state index in [2.05, 4.69) is 15.2 Å². The number of aliphatic hydroxyl groups is 1. The smallest absolute Gasteiger partial charge is 0.232 e. The van der Waals surface area contributed by atoms with Crippen LogP contribution in [-0.2, 0) is 10.2 Å². The van der Waals surface area contributed by atoms with Gasteiger partial charge in [-0.1, -0.05) is 35.9 Å². The van der Waals surface area contributed by atoms with E-state index in [1.165, 1.54) is 6.08 Å². The first-order valence-corrected chi connectivity index (χ1v) is 13.2. The number of hydrogen-bond donors (Lipinski definition) is 3. The van der Waals surface area contributed by atoms with Crippen molar-refractivity contribution in [2.45, 2.75) is 25.3 Å². The van der Waals surface area contributed by atoms with Crippen molar-refractivity contribution in [1.82, 2.24) is 20.2 Å². The first-order valence-electron chi connectivity index (χ1n) is 12.8. The van der Waals surface area contributed by atoms with Crippen LogP contribution in [0.5, 0.6) is 0 Å². The van der Waals surface area contributed by atoms with Gasteiger partial charge in [-0.05, 0) is 62.9 Å². The molecule has 3 heterocycles. The van der Waals surface area contributed by atoms with Gasteiger partial charge in [0.15, 0.2) is 5.82 Å². The topological polar surface area (TPSA) is 108 Å². The average molecular weight is 551 g/mol. The van der Waals surface area contributed by atoms with E-state index < -0.39 is 17.1 Å². The molecule has 2 saturated heterocycles. The van der Waals surface area contributed by atoms with E-state index in [4.69, 9.17) is 22.3 Å². The Morgan fingerprint density at radius 1 is 1.28 bits per heavy atom. The molecule has 2 aliphatic rings. The number of likely N-dealkylation sites (N-methyl/N-ethyl adjacent to an activating group) is 1. The van der Waals surface area contributed by atoms with Crippen LogP contribution in [0.25, 0.3) is 22.6 Å². The molecule has 0 atom stereocenters. The summed E-state index contributed by atoms with van der Waals surface area (Å²) in [5.74, 6) is -0.870. The maximum atomic E-state index is 16.3. The number of fused-ring (bicyclic) bond motifs is 1. The molecule has 8 nitrogen and oxygen atoms in total. The van der Waals surface area contributed by atoms with Gasteiger partial charge < -0.3 is 26.0 Å². The fraction of sp³-hybridized carbons (Fsp3) is 0.345. The van der Waals surface area contributed by atoms with Gasteiger partial charge in [0.05, 0.1) is 10.7 Å². The van der Waals surface area contributed by atoms with Crippen molar-refractivity contribution in [3.05, 3.63) is 75.4 Å². The molecule has 3 aromatic rings. The third-order valence-electron chi connectivity index (χ3n) is 7.78. The minimum Gasteiger partial charge on any atom is -0.508 e. The molecule has 39 heavy (non-hydrogen) atoms. The minimum absolute atomic E-state index is 0.0371. The van der Waals surface area contributed by atoms with Crippen molar-refractivity contribution in [1.29, 1.82) is 0 Å². The molecule has 0 spiro atoms. The lowest BCUT2D eigenvalue weighted by Crippen LogP contribution is -2.64. The van der Waals surface area contributed by atoms with E-state index in [9.17, 15) is 9.90 Å². The number of nitrogens with two attached hydrogens (primary N) is 1. The lowest BCUT2D eigenvalue weighted by molar-refractivity contribution is -0.125. The van der Waals surface area contributed by atoms with Gasteiger partial charge in [-0.3, -0.25) is 4.79 Å². The lowest BCUT2D eigenvalue weighted by Gasteiger charge is -2.44. The number of carbonyl (C=O) groups excluding carboxylic acids is 1. The Morgan fingerprint density at radius 3 is 2.56 bits per heavy atom. The van der Waals surface area contributed by atoms with E-state index in [1.807, 2.05) is 50.2 Å². The van der Waals surface area contributed by atoms with Crippen LogP contribution in [0.1, 0.15) is 29.3 Å². The molecule has 0 aliphatic carbocycles. The summed E-state index contributed by atoms with van der Waals surface area (Å²) >= 11 is 6.64. The molecular weight excluding hydrogens is 519 g/mol. The van der Waals surface area contributed by atoms with Gasteiger partial charge >= 0.3 is 0 Å². The number of carbonyl (C=O) groups is 1. The molecule has 2 fully saturated rings. The van der Waals surface area contributed by atoms with Crippen molar-refractivity contribution < 1.29 is 14.3 Å². The zero-order valence-electron chi connectivity index (χ0n) is 22.4. The van der Waals surface area contributed by atoms with Crippen molar-refractivity contribution in [3.63, 3.8) is 0 Å². The van der Waals surface area contributed by atoms with Crippen molar-refractivity contribution in [2.75, 3.05) is 45.2 Å². The molecule has 0 unspecified atom stereocenters. The molecule has 0 saturated carbocycles. The van der Waals surface area contributed by atoms with Crippen LogP contribution >= 0.6 is 11.6 Å². The number of halogens is 2. The molecule has 0 bridgehead atoms. The summed E-state index contributed by atoms with van der Waals surface area (Å²) in [5.41, 5.74) is 7.59. The molecule has 0 radical (unpaired) electrons. The highest BCUT2D eigenvalue weighted by Crippen LogP contribution is 2.39. The van der Waals surface area contributed by atoms with Gasteiger partial charge in [-0.25, -0.2) is 14.4 Å². The van der Waals surface area contributed by atoms with Gasteiger partial charge in [0.2, 0.25) is 11.9 Å². The predicted molar refractivity (Wildman–Crippen MR) is 153 cm³/mol. The van der Waals surface area contributed by atoms with Gasteiger partial charge in [0.25, 0.3) is 0 Å². The first-order chi connectivity index (χ1) is 18.5. The van der Waals surface area contributed by atoms with Crippen LogP contribution < -0.4 is 16.0 Å². The second-order valence-corrected chi connectivity index (χ2v) is 11.0. The number of rotatable bonds is 7. The van der Waals surface area contributed by atoms with Gasteiger partial charge in [-0.2, -0.15) is 0 Å². The molecule has 4 N–H and O–H groups in total. The second-order valence-electron chi connectivity index (χ2n) is 10.6. The number of nitrogens with zero attached hydrogens (tertiary/aromatic N) is 4. The second kappa shape index (κ2) is 10.2. The fourth-order valence-corrected chi connectivity index (χ4v) is 5.41. The Kier molecular flexibility index (Phi) is 7.09. The first kappa shape index (κ1) is 27.1. The maximum Gasteiger partial charge on any atom is 0.232 e. The van der Waals surface area contributed by atoms with E-state index in [0.717, 1.165) is 11.1 Å². The summed E-state index contributed by atoms with van der Waals surface area (Å²) in [5, 5.41) is 14.2. The number of amides is 1. The number of nitrogens with one attached hydrogen (secondary N) is 1. The number of aromatic nitrogens is 2. The lowest BCUT2D eigenvalue weighted by atomic mass is 9.76. The average Bonchev–Trinajstić information content (AvgIpc) is 2.79. The number of aryl methyl sites for hydroxylation is 1. The normalized spacial score (nSPS) is 17.9.